The van der Waals surface area contributed by atoms with Gasteiger partial charge in [-0.25, -0.2) is 9.18 Å². The Morgan fingerprint density at radius 3 is 2.83 bits per heavy atom. The zero-order chi connectivity index (χ0) is 13.1. The number of aromatic carboxylic acids is 1. The monoisotopic (exact) mass is 245 g/mol. The van der Waals surface area contributed by atoms with Gasteiger partial charge in [-0.2, -0.15) is 0 Å². The van der Waals surface area contributed by atoms with Crippen molar-refractivity contribution in [2.24, 2.45) is 0 Å². The van der Waals surface area contributed by atoms with Gasteiger partial charge in [-0.15, -0.1) is 0 Å². The molecule has 0 radical (unpaired) electrons. The fourth-order valence-electron chi connectivity index (χ4n) is 1.86. The average Bonchev–Trinajstić information content (AvgIpc) is 2.38. The molecule has 0 aliphatic heterocycles. The third kappa shape index (κ3) is 2.37. The van der Waals surface area contributed by atoms with Gasteiger partial charge < -0.3 is 5.11 Å². The predicted octanol–water partition coefficient (Wildman–Crippen LogP) is 3.15. The van der Waals surface area contributed by atoms with E-state index in [2.05, 4.69) is 4.98 Å². The van der Waals surface area contributed by atoms with E-state index in [1.54, 1.807) is 18.5 Å². The Labute approximate surface area is 104 Å². The number of pyridine rings is 1. The Hall–Kier alpha value is -2.23. The maximum Gasteiger partial charge on any atom is 0.335 e. The molecule has 1 heterocycles. The summed E-state index contributed by atoms with van der Waals surface area (Å²) >= 11 is 0. The first-order valence-corrected chi connectivity index (χ1v) is 5.59. The van der Waals surface area contributed by atoms with Crippen LogP contribution in [-0.2, 0) is 6.42 Å². The van der Waals surface area contributed by atoms with Crippen molar-refractivity contribution in [1.82, 2.24) is 4.98 Å². The van der Waals surface area contributed by atoms with Gasteiger partial charge in [0.1, 0.15) is 5.82 Å². The van der Waals surface area contributed by atoms with Crippen LogP contribution < -0.4 is 0 Å². The van der Waals surface area contributed by atoms with Gasteiger partial charge >= 0.3 is 5.97 Å². The smallest absolute Gasteiger partial charge is 0.335 e. The summed E-state index contributed by atoms with van der Waals surface area (Å²) in [6.07, 6.45) is 4.07. The highest BCUT2D eigenvalue weighted by Crippen LogP contribution is 2.25. The molecule has 1 N–H and O–H groups in total. The molecule has 0 saturated heterocycles. The zero-order valence-electron chi connectivity index (χ0n) is 9.85. The van der Waals surface area contributed by atoms with Crippen molar-refractivity contribution in [2.75, 3.05) is 0 Å². The van der Waals surface area contributed by atoms with E-state index < -0.39 is 11.8 Å². The van der Waals surface area contributed by atoms with Crippen LogP contribution in [0.25, 0.3) is 11.1 Å². The Morgan fingerprint density at radius 2 is 2.17 bits per heavy atom. The highest BCUT2D eigenvalue weighted by atomic mass is 19.1. The lowest BCUT2D eigenvalue weighted by Gasteiger charge is -2.08. The second kappa shape index (κ2) is 4.96. The second-order valence-electron chi connectivity index (χ2n) is 3.92. The molecule has 0 amide bonds. The number of carbonyl (C=O) groups is 1. The number of aromatic nitrogens is 1. The quantitative estimate of drug-likeness (QED) is 0.903. The van der Waals surface area contributed by atoms with Crippen molar-refractivity contribution in [3.8, 4) is 11.1 Å². The maximum absolute atomic E-state index is 13.4. The molecule has 2 rings (SSSR count). The molecule has 0 saturated carbocycles. The minimum atomic E-state index is -1.14. The van der Waals surface area contributed by atoms with Crippen LogP contribution in [0.3, 0.4) is 0 Å². The number of rotatable bonds is 3. The Morgan fingerprint density at radius 1 is 1.39 bits per heavy atom. The van der Waals surface area contributed by atoms with Crippen LogP contribution in [0.2, 0.25) is 0 Å². The largest absolute Gasteiger partial charge is 0.478 e. The molecule has 2 aromatic rings. The maximum atomic E-state index is 13.4. The molecule has 4 heteroatoms. The Bertz CT molecular complexity index is 596. The van der Waals surface area contributed by atoms with Gasteiger partial charge in [0.25, 0.3) is 0 Å². The number of nitrogens with zero attached hydrogens (tertiary/aromatic N) is 1. The summed E-state index contributed by atoms with van der Waals surface area (Å²) in [4.78, 5) is 14.9. The fraction of sp³-hybridized carbons (Fsp3) is 0.143. The number of aryl methyl sites for hydroxylation is 1. The standard InChI is InChI=1S/C14H12FNO2/c1-2-9-8-16-4-3-13(9)10-5-11(14(17)18)7-12(15)6-10/h3-8H,2H2,1H3,(H,17,18). The molecule has 1 aromatic heterocycles. The van der Waals surface area contributed by atoms with E-state index in [0.29, 0.717) is 5.56 Å². The summed E-state index contributed by atoms with van der Waals surface area (Å²) in [6, 6.07) is 5.58. The topological polar surface area (TPSA) is 50.2 Å². The van der Waals surface area contributed by atoms with Crippen molar-refractivity contribution in [3.05, 3.63) is 53.6 Å². The van der Waals surface area contributed by atoms with E-state index in [1.165, 1.54) is 12.1 Å². The van der Waals surface area contributed by atoms with E-state index in [-0.39, 0.29) is 5.56 Å². The first-order valence-electron chi connectivity index (χ1n) is 5.59. The van der Waals surface area contributed by atoms with Crippen LogP contribution in [-0.4, -0.2) is 16.1 Å². The Kier molecular flexibility index (Phi) is 3.37. The average molecular weight is 245 g/mol. The molecule has 1 aromatic carbocycles. The van der Waals surface area contributed by atoms with Crippen LogP contribution in [0.5, 0.6) is 0 Å². The van der Waals surface area contributed by atoms with E-state index in [9.17, 15) is 9.18 Å². The summed E-state index contributed by atoms with van der Waals surface area (Å²) in [5.41, 5.74) is 2.28. The lowest BCUT2D eigenvalue weighted by molar-refractivity contribution is 0.0696. The molecule has 0 spiro atoms. The number of carboxylic acid groups (broad SMARTS) is 1. The first-order chi connectivity index (χ1) is 8.61. The van der Waals surface area contributed by atoms with Gasteiger partial charge in [0.2, 0.25) is 0 Å². The predicted molar refractivity (Wildman–Crippen MR) is 66.0 cm³/mol. The van der Waals surface area contributed by atoms with Crippen molar-refractivity contribution in [2.45, 2.75) is 13.3 Å². The molecule has 0 aliphatic rings. The summed E-state index contributed by atoms with van der Waals surface area (Å²) in [7, 11) is 0. The van der Waals surface area contributed by atoms with Crippen molar-refractivity contribution in [3.63, 3.8) is 0 Å². The molecular weight excluding hydrogens is 233 g/mol. The van der Waals surface area contributed by atoms with Crippen molar-refractivity contribution in [1.29, 1.82) is 0 Å². The van der Waals surface area contributed by atoms with Crippen LogP contribution >= 0.6 is 0 Å². The van der Waals surface area contributed by atoms with Crippen LogP contribution in [0.15, 0.2) is 36.7 Å². The van der Waals surface area contributed by atoms with Gasteiger partial charge in [0.05, 0.1) is 5.56 Å². The van der Waals surface area contributed by atoms with Gasteiger partial charge in [0, 0.05) is 12.4 Å². The summed E-state index contributed by atoms with van der Waals surface area (Å²) in [5, 5.41) is 8.93. The normalized spacial score (nSPS) is 10.3. The molecule has 92 valence electrons. The molecule has 18 heavy (non-hydrogen) atoms. The SMILES string of the molecule is CCc1cnccc1-c1cc(F)cc(C(=O)O)c1. The zero-order valence-corrected chi connectivity index (χ0v) is 9.85. The molecule has 0 unspecified atom stereocenters. The Balaban J connectivity index is 2.60. The first kappa shape index (κ1) is 12.2. The van der Waals surface area contributed by atoms with Crippen LogP contribution in [0.4, 0.5) is 4.39 Å². The van der Waals surface area contributed by atoms with E-state index >= 15 is 0 Å². The molecule has 0 fully saturated rings. The van der Waals surface area contributed by atoms with Gasteiger partial charge in [-0.1, -0.05) is 6.92 Å². The molecular formula is C14H12FNO2. The molecule has 0 aliphatic carbocycles. The highest BCUT2D eigenvalue weighted by Gasteiger charge is 2.10. The number of carboxylic acids is 1. The third-order valence-corrected chi connectivity index (χ3v) is 2.74. The summed E-state index contributed by atoms with van der Waals surface area (Å²) < 4.78 is 13.4. The van der Waals surface area contributed by atoms with E-state index in [4.69, 9.17) is 5.11 Å². The number of hydrogen-bond donors (Lipinski definition) is 1. The lowest BCUT2D eigenvalue weighted by atomic mass is 9.98. The lowest BCUT2D eigenvalue weighted by Crippen LogP contribution is -1.98. The van der Waals surface area contributed by atoms with E-state index in [1.807, 2.05) is 6.92 Å². The summed E-state index contributed by atoms with van der Waals surface area (Å²) in [6.45, 7) is 1.97. The number of hydrogen-bond acceptors (Lipinski definition) is 2. The molecule has 0 atom stereocenters. The third-order valence-electron chi connectivity index (χ3n) is 2.74. The number of benzene rings is 1. The number of halogens is 1. The van der Waals surface area contributed by atoms with E-state index in [0.717, 1.165) is 23.6 Å². The fourth-order valence-corrected chi connectivity index (χ4v) is 1.86. The second-order valence-corrected chi connectivity index (χ2v) is 3.92. The highest BCUT2D eigenvalue weighted by molar-refractivity contribution is 5.89. The minimum Gasteiger partial charge on any atom is -0.478 e. The van der Waals surface area contributed by atoms with Gasteiger partial charge in [-0.05, 0) is 47.4 Å². The van der Waals surface area contributed by atoms with Crippen molar-refractivity contribution >= 4 is 5.97 Å². The van der Waals surface area contributed by atoms with Crippen LogP contribution in [0.1, 0.15) is 22.8 Å². The summed E-state index contributed by atoms with van der Waals surface area (Å²) in [5.74, 6) is -1.69. The molecule has 3 nitrogen and oxygen atoms in total. The van der Waals surface area contributed by atoms with Gasteiger partial charge in [0.15, 0.2) is 0 Å². The van der Waals surface area contributed by atoms with Gasteiger partial charge in [-0.3, -0.25) is 4.98 Å². The van der Waals surface area contributed by atoms with Crippen LogP contribution in [0, 0.1) is 5.82 Å². The molecule has 0 bridgehead atoms. The van der Waals surface area contributed by atoms with Crippen molar-refractivity contribution < 1.29 is 14.3 Å². The minimum absolute atomic E-state index is 0.0520.